The molecule has 0 saturated heterocycles. The molecule has 0 aliphatic carbocycles. The molecular weight excluding hydrogens is 522 g/mol. The summed E-state index contributed by atoms with van der Waals surface area (Å²) in [5.74, 6) is 6.21. The molecule has 11 nitrogen and oxygen atoms in total. The van der Waals surface area contributed by atoms with Gasteiger partial charge in [-0.3, -0.25) is 23.5 Å². The van der Waals surface area contributed by atoms with Crippen LogP contribution in [0, 0.1) is 18.8 Å². The van der Waals surface area contributed by atoms with E-state index in [0.717, 1.165) is 16.5 Å². The zero-order valence-electron chi connectivity index (χ0n) is 24.9. The number of anilines is 1. The summed E-state index contributed by atoms with van der Waals surface area (Å²) in [6, 6.07) is 9.73. The van der Waals surface area contributed by atoms with E-state index in [-0.39, 0.29) is 30.8 Å². The Balaban J connectivity index is 1.76. The van der Waals surface area contributed by atoms with Crippen LogP contribution in [0.2, 0.25) is 0 Å². The molecule has 0 aliphatic rings. The maximum absolute atomic E-state index is 13.9. The predicted molar refractivity (Wildman–Crippen MR) is 160 cm³/mol. The number of rotatable bonds is 7. The van der Waals surface area contributed by atoms with Crippen molar-refractivity contribution >= 4 is 34.0 Å². The number of ether oxygens (including phenoxy) is 1. The van der Waals surface area contributed by atoms with Gasteiger partial charge in [0.1, 0.15) is 5.60 Å². The van der Waals surface area contributed by atoms with Gasteiger partial charge < -0.3 is 15.4 Å². The molecular formula is C30H37N7O4. The average molecular weight is 560 g/mol. The van der Waals surface area contributed by atoms with Crippen LogP contribution in [0.3, 0.4) is 0 Å². The summed E-state index contributed by atoms with van der Waals surface area (Å²) < 4.78 is 9.60. The number of aryl methyl sites for hydroxylation is 2. The third-order valence-electron chi connectivity index (χ3n) is 6.43. The first kappa shape index (κ1) is 29.4. The number of hydrogen-bond acceptors (Lipinski definition) is 7. The number of amides is 1. The SMILES string of the molecule is CC#CCn1c(NCC(C)(C)NC(=O)OC(C)(C)C)nc2c1c(=O)n(Cc1nc(C)cc3ccccc13)c(=O)n2C. The summed E-state index contributed by atoms with van der Waals surface area (Å²) in [5.41, 5.74) is -0.450. The molecule has 2 N–H and O–H groups in total. The Morgan fingerprint density at radius 3 is 2.46 bits per heavy atom. The van der Waals surface area contributed by atoms with E-state index in [0.29, 0.717) is 11.6 Å². The highest BCUT2D eigenvalue weighted by Crippen LogP contribution is 2.20. The van der Waals surface area contributed by atoms with Gasteiger partial charge in [-0.1, -0.05) is 30.2 Å². The molecule has 0 radical (unpaired) electrons. The molecule has 11 heteroatoms. The molecule has 0 spiro atoms. The van der Waals surface area contributed by atoms with Crippen LogP contribution in [0.4, 0.5) is 10.7 Å². The number of carbonyl (C=O) groups excluding carboxylic acids is 1. The summed E-state index contributed by atoms with van der Waals surface area (Å²) in [7, 11) is 1.59. The minimum absolute atomic E-state index is 0.00385. The zero-order valence-corrected chi connectivity index (χ0v) is 24.9. The Kier molecular flexibility index (Phi) is 7.97. The number of nitrogens with one attached hydrogen (secondary N) is 2. The Bertz CT molecular complexity index is 1810. The van der Waals surface area contributed by atoms with E-state index in [4.69, 9.17) is 4.74 Å². The number of imidazole rings is 1. The van der Waals surface area contributed by atoms with Gasteiger partial charge in [0, 0.05) is 24.7 Å². The monoisotopic (exact) mass is 559 g/mol. The molecule has 0 bridgehead atoms. The van der Waals surface area contributed by atoms with E-state index in [1.54, 1.807) is 39.3 Å². The maximum Gasteiger partial charge on any atom is 0.408 e. The number of fused-ring (bicyclic) bond motifs is 2. The molecule has 3 aromatic heterocycles. The fourth-order valence-corrected chi connectivity index (χ4v) is 4.57. The van der Waals surface area contributed by atoms with Crippen LogP contribution in [0.5, 0.6) is 0 Å². The highest BCUT2D eigenvalue weighted by atomic mass is 16.6. The second-order valence-corrected chi connectivity index (χ2v) is 11.6. The molecule has 4 rings (SSSR count). The predicted octanol–water partition coefficient (Wildman–Crippen LogP) is 3.54. The third kappa shape index (κ3) is 6.43. The summed E-state index contributed by atoms with van der Waals surface area (Å²) in [6.45, 7) is 13.1. The minimum Gasteiger partial charge on any atom is -0.444 e. The first-order valence-electron chi connectivity index (χ1n) is 13.4. The lowest BCUT2D eigenvalue weighted by Gasteiger charge is -2.29. The van der Waals surface area contributed by atoms with E-state index < -0.39 is 28.5 Å². The van der Waals surface area contributed by atoms with Crippen LogP contribution in [0.1, 0.15) is 52.9 Å². The standard InChI is InChI=1S/C30H37N7O4/c1-9-10-15-36-23-24(33-26(36)31-18-30(6,7)34-27(39)41-29(3,4)5)35(8)28(40)37(25(23)38)17-22-21-14-12-11-13-20(21)16-19(2)32-22/h11-14,16H,15,17-18H2,1-8H3,(H,31,33)(H,34,39). The van der Waals surface area contributed by atoms with Gasteiger partial charge in [-0.2, -0.15) is 4.98 Å². The molecule has 0 saturated carbocycles. The third-order valence-corrected chi connectivity index (χ3v) is 6.43. The van der Waals surface area contributed by atoms with Crippen LogP contribution in [-0.2, 0) is 24.9 Å². The van der Waals surface area contributed by atoms with Crippen molar-refractivity contribution in [3.05, 3.63) is 62.6 Å². The highest BCUT2D eigenvalue weighted by Gasteiger charge is 2.26. The summed E-state index contributed by atoms with van der Waals surface area (Å²) in [5, 5.41) is 7.94. The van der Waals surface area contributed by atoms with Crippen molar-refractivity contribution in [3.8, 4) is 11.8 Å². The molecule has 0 fully saturated rings. The molecule has 3 heterocycles. The number of pyridine rings is 1. The molecule has 0 aliphatic heterocycles. The van der Waals surface area contributed by atoms with Crippen LogP contribution in [0.25, 0.3) is 21.9 Å². The fourth-order valence-electron chi connectivity index (χ4n) is 4.57. The van der Waals surface area contributed by atoms with Gasteiger partial charge in [0.25, 0.3) is 5.56 Å². The Labute approximate surface area is 238 Å². The van der Waals surface area contributed by atoms with Crippen molar-refractivity contribution in [1.29, 1.82) is 0 Å². The Hall–Kier alpha value is -4.59. The number of benzene rings is 1. The maximum atomic E-state index is 13.9. The van der Waals surface area contributed by atoms with Crippen molar-refractivity contribution in [2.45, 2.75) is 72.7 Å². The lowest BCUT2D eigenvalue weighted by Crippen LogP contribution is -2.50. The molecule has 1 amide bonds. The lowest BCUT2D eigenvalue weighted by molar-refractivity contribution is 0.0477. The van der Waals surface area contributed by atoms with Crippen molar-refractivity contribution in [1.82, 2.24) is 29.0 Å². The van der Waals surface area contributed by atoms with E-state index in [2.05, 4.69) is 32.4 Å². The summed E-state index contributed by atoms with van der Waals surface area (Å²) in [4.78, 5) is 49.0. The largest absolute Gasteiger partial charge is 0.444 e. The smallest absolute Gasteiger partial charge is 0.408 e. The molecule has 4 aromatic rings. The van der Waals surface area contributed by atoms with Gasteiger partial charge in [0.15, 0.2) is 11.2 Å². The lowest BCUT2D eigenvalue weighted by atomic mass is 10.1. The number of carbonyl (C=O) groups is 1. The summed E-state index contributed by atoms with van der Waals surface area (Å²) >= 11 is 0. The Morgan fingerprint density at radius 1 is 1.07 bits per heavy atom. The van der Waals surface area contributed by atoms with E-state index in [1.807, 2.05) is 51.1 Å². The fraction of sp³-hybridized carbons (Fsp3) is 0.433. The van der Waals surface area contributed by atoms with Crippen molar-refractivity contribution in [2.75, 3.05) is 11.9 Å². The van der Waals surface area contributed by atoms with Gasteiger partial charge >= 0.3 is 11.8 Å². The van der Waals surface area contributed by atoms with Crippen LogP contribution >= 0.6 is 0 Å². The average Bonchev–Trinajstić information content (AvgIpc) is 3.24. The summed E-state index contributed by atoms with van der Waals surface area (Å²) in [6.07, 6.45) is -0.544. The van der Waals surface area contributed by atoms with Crippen molar-refractivity contribution in [3.63, 3.8) is 0 Å². The molecule has 41 heavy (non-hydrogen) atoms. The van der Waals surface area contributed by atoms with Gasteiger partial charge in [-0.25, -0.2) is 9.59 Å². The van der Waals surface area contributed by atoms with Gasteiger partial charge in [-0.15, -0.1) is 5.92 Å². The number of hydrogen-bond donors (Lipinski definition) is 2. The number of aromatic nitrogens is 5. The molecule has 0 atom stereocenters. The highest BCUT2D eigenvalue weighted by molar-refractivity contribution is 5.85. The zero-order chi connectivity index (χ0) is 30.1. The quantitative estimate of drug-likeness (QED) is 0.332. The van der Waals surface area contributed by atoms with E-state index in [1.165, 1.54) is 9.13 Å². The van der Waals surface area contributed by atoms with Gasteiger partial charge in [-0.05, 0) is 59.9 Å². The van der Waals surface area contributed by atoms with Crippen molar-refractivity contribution in [2.24, 2.45) is 7.05 Å². The van der Waals surface area contributed by atoms with Gasteiger partial charge in [0.05, 0.1) is 24.3 Å². The minimum atomic E-state index is -0.730. The van der Waals surface area contributed by atoms with E-state index >= 15 is 0 Å². The van der Waals surface area contributed by atoms with Crippen LogP contribution < -0.4 is 21.9 Å². The molecule has 216 valence electrons. The van der Waals surface area contributed by atoms with Crippen LogP contribution in [0.15, 0.2) is 39.9 Å². The molecule has 0 unspecified atom stereocenters. The first-order valence-corrected chi connectivity index (χ1v) is 13.4. The second kappa shape index (κ2) is 11.1. The Morgan fingerprint density at radius 2 is 1.78 bits per heavy atom. The van der Waals surface area contributed by atoms with Crippen molar-refractivity contribution < 1.29 is 9.53 Å². The first-order chi connectivity index (χ1) is 19.2. The van der Waals surface area contributed by atoms with E-state index in [9.17, 15) is 14.4 Å². The topological polar surface area (TPSA) is 125 Å². The van der Waals surface area contributed by atoms with Crippen LogP contribution in [-0.4, -0.2) is 47.4 Å². The normalized spacial score (nSPS) is 11.8. The number of alkyl carbamates (subject to hydrolysis) is 1. The number of nitrogens with zero attached hydrogens (tertiary/aromatic N) is 5. The second-order valence-electron chi connectivity index (χ2n) is 11.6. The molecule has 1 aromatic carbocycles. The van der Waals surface area contributed by atoms with Gasteiger partial charge in [0.2, 0.25) is 5.95 Å².